The smallest absolute Gasteiger partial charge is 0.0514 e. The van der Waals surface area contributed by atoms with Gasteiger partial charge >= 0.3 is 0 Å². The van der Waals surface area contributed by atoms with Crippen LogP contribution in [0.5, 0.6) is 0 Å². The summed E-state index contributed by atoms with van der Waals surface area (Å²) in [6.45, 7) is 11.3. The third-order valence-electron chi connectivity index (χ3n) is 4.66. The molecule has 112 valence electrons. The van der Waals surface area contributed by atoms with Crippen molar-refractivity contribution < 1.29 is 0 Å². The van der Waals surface area contributed by atoms with Crippen LogP contribution in [-0.2, 0) is 0 Å². The molecular formula is C17H27BrN2. The molecule has 1 aromatic carbocycles. The molecular weight excluding hydrogens is 312 g/mol. The van der Waals surface area contributed by atoms with Crippen LogP contribution in [0, 0.1) is 12.8 Å². The van der Waals surface area contributed by atoms with E-state index in [2.05, 4.69) is 72.0 Å². The van der Waals surface area contributed by atoms with E-state index in [1.807, 2.05) is 0 Å². The summed E-state index contributed by atoms with van der Waals surface area (Å²) in [4.78, 5) is 2.59. The second kappa shape index (κ2) is 6.95. The first-order valence-corrected chi connectivity index (χ1v) is 8.62. The lowest BCUT2D eigenvalue weighted by molar-refractivity contribution is 0.306. The van der Waals surface area contributed by atoms with Gasteiger partial charge in [0.05, 0.1) is 5.69 Å². The zero-order valence-electron chi connectivity index (χ0n) is 13.1. The van der Waals surface area contributed by atoms with E-state index in [0.29, 0.717) is 12.1 Å². The Balaban J connectivity index is 2.24. The fourth-order valence-electron chi connectivity index (χ4n) is 2.99. The Labute approximate surface area is 132 Å². The van der Waals surface area contributed by atoms with E-state index in [9.17, 15) is 0 Å². The Kier molecular flexibility index (Phi) is 5.50. The predicted molar refractivity (Wildman–Crippen MR) is 91.5 cm³/mol. The van der Waals surface area contributed by atoms with Gasteiger partial charge in [0, 0.05) is 29.6 Å². The van der Waals surface area contributed by atoms with E-state index >= 15 is 0 Å². The third-order valence-corrected chi connectivity index (χ3v) is 5.30. The first-order chi connectivity index (χ1) is 9.56. The van der Waals surface area contributed by atoms with E-state index in [1.54, 1.807) is 0 Å². The van der Waals surface area contributed by atoms with Crippen LogP contribution >= 0.6 is 15.9 Å². The molecule has 3 unspecified atom stereocenters. The predicted octanol–water partition coefficient (Wildman–Crippen LogP) is 4.36. The fraction of sp³-hybridized carbons (Fsp3) is 0.647. The summed E-state index contributed by atoms with van der Waals surface area (Å²) in [5.41, 5.74) is 2.65. The van der Waals surface area contributed by atoms with Gasteiger partial charge in [-0.1, -0.05) is 33.3 Å². The molecule has 1 heterocycles. The quantitative estimate of drug-likeness (QED) is 0.877. The molecule has 1 aliphatic heterocycles. The number of nitrogens with one attached hydrogen (secondary N) is 1. The monoisotopic (exact) mass is 338 g/mol. The van der Waals surface area contributed by atoms with Crippen LogP contribution in [0.4, 0.5) is 5.69 Å². The maximum atomic E-state index is 3.75. The number of piperazine rings is 1. The van der Waals surface area contributed by atoms with Gasteiger partial charge in [0.15, 0.2) is 0 Å². The molecule has 2 nitrogen and oxygen atoms in total. The Morgan fingerprint density at radius 3 is 2.75 bits per heavy atom. The number of aryl methyl sites for hydroxylation is 1. The molecule has 1 fully saturated rings. The van der Waals surface area contributed by atoms with Crippen molar-refractivity contribution in [3.63, 3.8) is 0 Å². The van der Waals surface area contributed by atoms with Crippen molar-refractivity contribution in [2.24, 2.45) is 5.92 Å². The summed E-state index contributed by atoms with van der Waals surface area (Å²) in [5.74, 6) is 0.722. The van der Waals surface area contributed by atoms with Crippen molar-refractivity contribution in [3.05, 3.63) is 28.2 Å². The van der Waals surface area contributed by atoms with Gasteiger partial charge in [0.25, 0.3) is 0 Å². The Hall–Kier alpha value is -0.540. The first kappa shape index (κ1) is 15.8. The lowest BCUT2D eigenvalue weighted by atomic mass is 9.94. The average Bonchev–Trinajstić information content (AvgIpc) is 2.46. The highest BCUT2D eigenvalue weighted by Crippen LogP contribution is 2.31. The van der Waals surface area contributed by atoms with Gasteiger partial charge in [-0.15, -0.1) is 0 Å². The molecule has 2 rings (SSSR count). The minimum atomic E-state index is 0.592. The van der Waals surface area contributed by atoms with E-state index < -0.39 is 0 Å². The van der Waals surface area contributed by atoms with Crippen LogP contribution in [0.25, 0.3) is 0 Å². The fourth-order valence-corrected chi connectivity index (χ4v) is 3.71. The average molecular weight is 339 g/mol. The Morgan fingerprint density at radius 2 is 2.15 bits per heavy atom. The highest BCUT2D eigenvalue weighted by molar-refractivity contribution is 9.10. The molecule has 0 saturated carbocycles. The number of nitrogens with zero attached hydrogens (tertiary/aromatic N) is 1. The third kappa shape index (κ3) is 3.37. The van der Waals surface area contributed by atoms with Crippen molar-refractivity contribution in [1.29, 1.82) is 0 Å². The number of rotatable bonds is 4. The van der Waals surface area contributed by atoms with Crippen molar-refractivity contribution in [3.8, 4) is 0 Å². The molecule has 20 heavy (non-hydrogen) atoms. The molecule has 3 heteroatoms. The van der Waals surface area contributed by atoms with Crippen LogP contribution in [0.3, 0.4) is 0 Å². The van der Waals surface area contributed by atoms with Crippen LogP contribution in [0.2, 0.25) is 0 Å². The van der Waals surface area contributed by atoms with Crippen LogP contribution < -0.4 is 10.2 Å². The highest BCUT2D eigenvalue weighted by Gasteiger charge is 2.30. The number of halogens is 1. The van der Waals surface area contributed by atoms with E-state index in [4.69, 9.17) is 0 Å². The topological polar surface area (TPSA) is 15.3 Å². The molecule has 0 aromatic heterocycles. The molecule has 0 aliphatic carbocycles. The maximum Gasteiger partial charge on any atom is 0.0514 e. The zero-order chi connectivity index (χ0) is 14.7. The largest absolute Gasteiger partial charge is 0.365 e. The normalized spacial score (nSPS) is 24.8. The van der Waals surface area contributed by atoms with Crippen LogP contribution in [-0.4, -0.2) is 25.2 Å². The molecule has 1 aliphatic rings. The minimum Gasteiger partial charge on any atom is -0.365 e. The van der Waals surface area contributed by atoms with Gasteiger partial charge in [-0.3, -0.25) is 0 Å². The summed E-state index contributed by atoms with van der Waals surface area (Å²) in [6, 6.07) is 7.89. The molecule has 3 atom stereocenters. The summed E-state index contributed by atoms with van der Waals surface area (Å²) in [7, 11) is 0. The molecule has 0 bridgehead atoms. The van der Waals surface area contributed by atoms with Gasteiger partial charge in [0.1, 0.15) is 0 Å². The Bertz CT molecular complexity index is 447. The second-order valence-corrected chi connectivity index (χ2v) is 6.92. The Morgan fingerprint density at radius 1 is 1.40 bits per heavy atom. The van der Waals surface area contributed by atoms with E-state index in [-0.39, 0.29) is 0 Å². The molecule has 1 N–H and O–H groups in total. The summed E-state index contributed by atoms with van der Waals surface area (Å²) < 4.78 is 1.22. The lowest BCUT2D eigenvalue weighted by Gasteiger charge is -2.44. The van der Waals surface area contributed by atoms with Crippen LogP contribution in [0.1, 0.15) is 39.2 Å². The molecule has 0 radical (unpaired) electrons. The summed E-state index contributed by atoms with van der Waals surface area (Å²) in [5, 5.41) is 3.74. The first-order valence-electron chi connectivity index (χ1n) is 7.83. The molecule has 1 aromatic rings. The summed E-state index contributed by atoms with van der Waals surface area (Å²) in [6.07, 6.45) is 2.41. The van der Waals surface area contributed by atoms with Crippen LogP contribution in [0.15, 0.2) is 22.7 Å². The maximum absolute atomic E-state index is 3.75. The minimum absolute atomic E-state index is 0.592. The summed E-state index contributed by atoms with van der Waals surface area (Å²) >= 11 is 3.75. The molecule has 0 spiro atoms. The number of anilines is 1. The van der Waals surface area contributed by atoms with Gasteiger partial charge in [0.2, 0.25) is 0 Å². The van der Waals surface area contributed by atoms with Crippen molar-refractivity contribution >= 4 is 21.6 Å². The highest BCUT2D eigenvalue weighted by atomic mass is 79.9. The second-order valence-electron chi connectivity index (χ2n) is 6.07. The van der Waals surface area contributed by atoms with Crippen molar-refractivity contribution in [2.45, 2.75) is 52.6 Å². The van der Waals surface area contributed by atoms with Crippen molar-refractivity contribution in [2.75, 3.05) is 18.0 Å². The van der Waals surface area contributed by atoms with E-state index in [0.717, 1.165) is 19.0 Å². The number of hydrogen-bond donors (Lipinski definition) is 1. The SMILES string of the molecule is CCC(C)C1CN(c2ccc(C)cc2Br)C(CC)CN1. The van der Waals surface area contributed by atoms with Gasteiger partial charge in [-0.25, -0.2) is 0 Å². The lowest BCUT2D eigenvalue weighted by Crippen LogP contribution is -2.58. The molecule has 1 saturated heterocycles. The standard InChI is InChI=1S/C17H27BrN2/c1-5-13(4)16-11-20(14(6-2)10-19-16)17-8-7-12(3)9-15(17)18/h7-9,13-14,16,19H,5-6,10-11H2,1-4H3. The number of hydrogen-bond acceptors (Lipinski definition) is 2. The van der Waals surface area contributed by atoms with E-state index in [1.165, 1.54) is 28.6 Å². The zero-order valence-corrected chi connectivity index (χ0v) is 14.7. The van der Waals surface area contributed by atoms with Crippen molar-refractivity contribution in [1.82, 2.24) is 5.32 Å². The number of benzene rings is 1. The molecule has 0 amide bonds. The van der Waals surface area contributed by atoms with Gasteiger partial charge in [-0.05, 0) is 52.9 Å². The van der Waals surface area contributed by atoms with Gasteiger partial charge < -0.3 is 10.2 Å². The van der Waals surface area contributed by atoms with Gasteiger partial charge in [-0.2, -0.15) is 0 Å².